The molecule has 0 aromatic carbocycles. The number of allylic oxidation sites excluding steroid dienone is 2. The van der Waals surface area contributed by atoms with Crippen LogP contribution in [-0.2, 0) is 5.41 Å². The van der Waals surface area contributed by atoms with Gasteiger partial charge in [-0.25, -0.2) is 4.98 Å². The summed E-state index contributed by atoms with van der Waals surface area (Å²) in [5.74, 6) is 0. The van der Waals surface area contributed by atoms with Crippen LogP contribution in [0.1, 0.15) is 24.1 Å². The van der Waals surface area contributed by atoms with Gasteiger partial charge in [0.1, 0.15) is 5.65 Å². The van der Waals surface area contributed by atoms with Gasteiger partial charge in [0, 0.05) is 18.1 Å². The van der Waals surface area contributed by atoms with Crippen molar-refractivity contribution >= 4 is 5.65 Å². The van der Waals surface area contributed by atoms with Gasteiger partial charge in [-0.15, -0.1) is 13.2 Å². The topological polar surface area (TPSA) is 41.1 Å². The summed E-state index contributed by atoms with van der Waals surface area (Å²) >= 11 is 0. The molecule has 2 heterocycles. The molecule has 3 heteroatoms. The van der Waals surface area contributed by atoms with Crippen LogP contribution in [0.3, 0.4) is 0 Å². The minimum Gasteiger partial charge on any atom is -0.304 e. The maximum absolute atomic E-state index is 9.60. The molecule has 0 N–H and O–H groups in total. The van der Waals surface area contributed by atoms with Crippen molar-refractivity contribution in [2.45, 2.75) is 25.2 Å². The summed E-state index contributed by atoms with van der Waals surface area (Å²) in [5, 5.41) is 9.60. The zero-order valence-corrected chi connectivity index (χ0v) is 11.1. The van der Waals surface area contributed by atoms with E-state index >= 15 is 0 Å². The van der Waals surface area contributed by atoms with E-state index in [0.29, 0.717) is 12.8 Å². The lowest BCUT2D eigenvalue weighted by molar-refractivity contribution is 0.565. The van der Waals surface area contributed by atoms with Crippen LogP contribution in [-0.4, -0.2) is 9.38 Å². The largest absolute Gasteiger partial charge is 0.304 e. The molecule has 2 aromatic rings. The highest BCUT2D eigenvalue weighted by Gasteiger charge is 2.30. The van der Waals surface area contributed by atoms with Crippen LogP contribution in [0.25, 0.3) is 5.65 Å². The number of pyridine rings is 1. The van der Waals surface area contributed by atoms with E-state index in [0.717, 1.165) is 16.9 Å². The van der Waals surface area contributed by atoms with Crippen molar-refractivity contribution in [3.8, 4) is 6.07 Å². The summed E-state index contributed by atoms with van der Waals surface area (Å²) in [5.41, 5.74) is 2.32. The molecule has 0 aliphatic carbocycles. The maximum atomic E-state index is 9.60. The predicted octanol–water partition coefficient (Wildman–Crippen LogP) is 3.56. The van der Waals surface area contributed by atoms with Crippen molar-refractivity contribution in [1.29, 1.82) is 5.26 Å². The number of hydrogen-bond donors (Lipinski definition) is 0. The summed E-state index contributed by atoms with van der Waals surface area (Å²) in [4.78, 5) is 4.35. The standard InChI is InChI=1S/C16H17N3/c1-4-7-16(12-17,8-5-2)14-6-9-19-13(3)11-18-15(19)10-14/h4-6,9-11H,1-2,7-8H2,3H3. The lowest BCUT2D eigenvalue weighted by Gasteiger charge is -2.24. The van der Waals surface area contributed by atoms with E-state index in [1.807, 2.05) is 35.9 Å². The summed E-state index contributed by atoms with van der Waals surface area (Å²) in [6, 6.07) is 6.39. The fourth-order valence-electron chi connectivity index (χ4n) is 2.37. The van der Waals surface area contributed by atoms with Crippen LogP contribution in [0.2, 0.25) is 0 Å². The molecule has 0 amide bonds. The molecular formula is C16H17N3. The highest BCUT2D eigenvalue weighted by Crippen LogP contribution is 2.32. The van der Waals surface area contributed by atoms with Gasteiger partial charge < -0.3 is 4.40 Å². The van der Waals surface area contributed by atoms with Crippen molar-refractivity contribution in [1.82, 2.24) is 9.38 Å². The number of imidazole rings is 1. The molecule has 0 saturated heterocycles. The number of nitriles is 1. The molecule has 0 bridgehead atoms. The highest BCUT2D eigenvalue weighted by molar-refractivity contribution is 5.47. The minimum atomic E-state index is -0.592. The van der Waals surface area contributed by atoms with E-state index in [1.54, 1.807) is 12.2 Å². The molecule has 0 aliphatic heterocycles. The third-order valence-electron chi connectivity index (χ3n) is 3.45. The summed E-state index contributed by atoms with van der Waals surface area (Å²) in [6.07, 6.45) is 8.57. The summed E-state index contributed by atoms with van der Waals surface area (Å²) in [6.45, 7) is 9.53. The average Bonchev–Trinajstić information content (AvgIpc) is 2.79. The molecule has 0 fully saturated rings. The molecule has 0 radical (unpaired) electrons. The third-order valence-corrected chi connectivity index (χ3v) is 3.45. The Bertz CT molecular complexity index is 648. The molecule has 96 valence electrons. The van der Waals surface area contributed by atoms with Gasteiger partial charge in [-0.05, 0) is 37.5 Å². The second-order valence-electron chi connectivity index (χ2n) is 4.72. The number of aromatic nitrogens is 2. The van der Waals surface area contributed by atoms with Crippen molar-refractivity contribution in [2.75, 3.05) is 0 Å². The monoisotopic (exact) mass is 251 g/mol. The Kier molecular flexibility index (Phi) is 3.52. The van der Waals surface area contributed by atoms with Gasteiger partial charge in [0.2, 0.25) is 0 Å². The highest BCUT2D eigenvalue weighted by atomic mass is 15.0. The molecule has 19 heavy (non-hydrogen) atoms. The Labute approximate surface area is 113 Å². The molecular weight excluding hydrogens is 234 g/mol. The van der Waals surface area contributed by atoms with Crippen molar-refractivity contribution in [3.05, 3.63) is 61.1 Å². The smallest absolute Gasteiger partial charge is 0.137 e. The zero-order valence-electron chi connectivity index (χ0n) is 11.1. The molecule has 2 aromatic heterocycles. The Morgan fingerprint density at radius 3 is 2.68 bits per heavy atom. The van der Waals surface area contributed by atoms with Gasteiger partial charge in [-0.3, -0.25) is 0 Å². The first kappa shape index (κ1) is 13.1. The molecule has 0 atom stereocenters. The van der Waals surface area contributed by atoms with Gasteiger partial charge in [0.05, 0.1) is 11.5 Å². The molecule has 0 saturated carbocycles. The minimum absolute atomic E-state index is 0.592. The van der Waals surface area contributed by atoms with Gasteiger partial charge in [0.15, 0.2) is 0 Å². The molecule has 0 aliphatic rings. The van der Waals surface area contributed by atoms with Gasteiger partial charge in [-0.1, -0.05) is 12.2 Å². The second-order valence-corrected chi connectivity index (χ2v) is 4.72. The fourth-order valence-corrected chi connectivity index (χ4v) is 2.37. The summed E-state index contributed by atoms with van der Waals surface area (Å²) in [7, 11) is 0. The molecule has 2 rings (SSSR count). The third kappa shape index (κ3) is 2.17. The van der Waals surface area contributed by atoms with Crippen LogP contribution in [0.4, 0.5) is 0 Å². The van der Waals surface area contributed by atoms with E-state index in [9.17, 15) is 5.26 Å². The summed E-state index contributed by atoms with van der Waals surface area (Å²) < 4.78 is 2.01. The van der Waals surface area contributed by atoms with Crippen LogP contribution in [0, 0.1) is 18.3 Å². The fraction of sp³-hybridized carbons (Fsp3) is 0.250. The average molecular weight is 251 g/mol. The SMILES string of the molecule is C=CCC(C#N)(CC=C)c1ccn2c(C)cnc2c1. The van der Waals surface area contributed by atoms with Crippen molar-refractivity contribution in [2.24, 2.45) is 0 Å². The van der Waals surface area contributed by atoms with E-state index < -0.39 is 5.41 Å². The number of rotatable bonds is 5. The normalized spacial score (nSPS) is 11.2. The van der Waals surface area contributed by atoms with Gasteiger partial charge in [-0.2, -0.15) is 5.26 Å². The van der Waals surface area contributed by atoms with E-state index in [1.165, 1.54) is 0 Å². The van der Waals surface area contributed by atoms with Crippen LogP contribution in [0.5, 0.6) is 0 Å². The van der Waals surface area contributed by atoms with Crippen LogP contribution in [0.15, 0.2) is 49.8 Å². The molecule has 0 unspecified atom stereocenters. The Balaban J connectivity index is 2.58. The first-order valence-electron chi connectivity index (χ1n) is 6.24. The number of nitrogens with zero attached hydrogens (tertiary/aromatic N) is 3. The van der Waals surface area contributed by atoms with Crippen molar-refractivity contribution in [3.63, 3.8) is 0 Å². The van der Waals surface area contributed by atoms with Gasteiger partial charge in [0.25, 0.3) is 0 Å². The van der Waals surface area contributed by atoms with Gasteiger partial charge >= 0.3 is 0 Å². The first-order chi connectivity index (χ1) is 9.16. The quantitative estimate of drug-likeness (QED) is 0.762. The van der Waals surface area contributed by atoms with Crippen molar-refractivity contribution < 1.29 is 0 Å². The Hall–Kier alpha value is -2.34. The first-order valence-corrected chi connectivity index (χ1v) is 6.24. The van der Waals surface area contributed by atoms with E-state index in [2.05, 4.69) is 24.2 Å². The Morgan fingerprint density at radius 1 is 1.42 bits per heavy atom. The maximum Gasteiger partial charge on any atom is 0.137 e. The molecule has 0 spiro atoms. The second kappa shape index (κ2) is 5.11. The van der Waals surface area contributed by atoms with E-state index in [4.69, 9.17) is 0 Å². The van der Waals surface area contributed by atoms with Crippen LogP contribution >= 0.6 is 0 Å². The predicted molar refractivity (Wildman–Crippen MR) is 76.8 cm³/mol. The Morgan fingerprint density at radius 2 is 2.11 bits per heavy atom. The number of aryl methyl sites for hydroxylation is 1. The molecule has 3 nitrogen and oxygen atoms in total. The lowest BCUT2D eigenvalue weighted by Crippen LogP contribution is -2.22. The van der Waals surface area contributed by atoms with E-state index in [-0.39, 0.29) is 0 Å². The lowest BCUT2D eigenvalue weighted by atomic mass is 9.76. The van der Waals surface area contributed by atoms with Crippen LogP contribution < -0.4 is 0 Å². The zero-order chi connectivity index (χ0) is 13.9. The number of fused-ring (bicyclic) bond motifs is 1. The number of hydrogen-bond acceptors (Lipinski definition) is 2.